The quantitative estimate of drug-likeness (QED) is 0.815. The first-order valence-electron chi connectivity index (χ1n) is 9.44. The number of amides is 2. The number of benzene rings is 1. The van der Waals surface area contributed by atoms with Gasteiger partial charge in [0.2, 0.25) is 11.8 Å². The maximum absolute atomic E-state index is 12.9. The van der Waals surface area contributed by atoms with E-state index in [4.69, 9.17) is 4.74 Å². The molecule has 2 amide bonds. The van der Waals surface area contributed by atoms with Crippen LogP contribution in [0.4, 0.5) is 0 Å². The fraction of sp³-hybridized carbons (Fsp3) is 0.600. The Labute approximate surface area is 155 Å². The van der Waals surface area contributed by atoms with Gasteiger partial charge in [-0.25, -0.2) is 0 Å². The molecule has 6 nitrogen and oxygen atoms in total. The van der Waals surface area contributed by atoms with Crippen LogP contribution in [-0.4, -0.2) is 80.0 Å². The second-order valence-corrected chi connectivity index (χ2v) is 7.32. The molecule has 2 heterocycles. The summed E-state index contributed by atoms with van der Waals surface area (Å²) in [5, 5.41) is 0. The van der Waals surface area contributed by atoms with Crippen molar-refractivity contribution in [3.05, 3.63) is 35.9 Å². The highest BCUT2D eigenvalue weighted by atomic mass is 16.5. The smallest absolute Gasteiger partial charge is 0.244 e. The van der Waals surface area contributed by atoms with Gasteiger partial charge in [-0.05, 0) is 24.9 Å². The van der Waals surface area contributed by atoms with Crippen LogP contribution in [0.25, 0.3) is 0 Å². The van der Waals surface area contributed by atoms with E-state index < -0.39 is 0 Å². The number of likely N-dealkylation sites (N-methyl/N-ethyl adjacent to an activating group) is 1. The molecule has 142 valence electrons. The summed E-state index contributed by atoms with van der Waals surface area (Å²) in [6.07, 6.45) is 1.83. The van der Waals surface area contributed by atoms with Crippen LogP contribution in [0.5, 0.6) is 0 Å². The molecule has 3 rings (SSSR count). The highest BCUT2D eigenvalue weighted by Crippen LogP contribution is 2.29. The molecule has 2 aliphatic rings. The number of ether oxygens (including phenoxy) is 1. The fourth-order valence-electron chi connectivity index (χ4n) is 3.87. The predicted octanol–water partition coefficient (Wildman–Crippen LogP) is 1.39. The average Bonchev–Trinajstić information content (AvgIpc) is 2.69. The van der Waals surface area contributed by atoms with Gasteiger partial charge in [0.05, 0.1) is 19.1 Å². The van der Waals surface area contributed by atoms with Crippen LogP contribution in [0.15, 0.2) is 30.3 Å². The maximum atomic E-state index is 12.9. The van der Waals surface area contributed by atoms with Crippen molar-refractivity contribution in [1.82, 2.24) is 14.7 Å². The van der Waals surface area contributed by atoms with Gasteiger partial charge in [-0.1, -0.05) is 30.3 Å². The lowest BCUT2D eigenvalue weighted by Gasteiger charge is -2.40. The van der Waals surface area contributed by atoms with Gasteiger partial charge in [-0.2, -0.15) is 0 Å². The Kier molecular flexibility index (Phi) is 6.27. The van der Waals surface area contributed by atoms with Gasteiger partial charge in [-0.15, -0.1) is 0 Å². The van der Waals surface area contributed by atoms with E-state index in [9.17, 15) is 9.59 Å². The van der Waals surface area contributed by atoms with Crippen LogP contribution in [-0.2, 0) is 14.3 Å². The highest BCUT2D eigenvalue weighted by molar-refractivity contribution is 5.83. The number of hydrogen-bond donors (Lipinski definition) is 0. The zero-order chi connectivity index (χ0) is 18.5. The summed E-state index contributed by atoms with van der Waals surface area (Å²) in [7, 11) is 3.58. The highest BCUT2D eigenvalue weighted by Gasteiger charge is 2.36. The van der Waals surface area contributed by atoms with Crippen LogP contribution in [0.3, 0.4) is 0 Å². The van der Waals surface area contributed by atoms with E-state index in [1.807, 2.05) is 35.2 Å². The number of rotatable bonds is 4. The largest absolute Gasteiger partial charge is 0.378 e. The minimum Gasteiger partial charge on any atom is -0.378 e. The Bertz CT molecular complexity index is 614. The third-order valence-corrected chi connectivity index (χ3v) is 5.28. The normalized spacial score (nSPS) is 22.7. The number of likely N-dealkylation sites (tertiary alicyclic amines) is 1. The molecule has 0 bridgehead atoms. The van der Waals surface area contributed by atoms with Crippen molar-refractivity contribution in [1.29, 1.82) is 0 Å². The molecule has 2 saturated heterocycles. The molecule has 2 unspecified atom stereocenters. The molecule has 1 aromatic carbocycles. The molecule has 2 fully saturated rings. The lowest BCUT2D eigenvalue weighted by atomic mass is 9.93. The van der Waals surface area contributed by atoms with Crippen LogP contribution in [0.1, 0.15) is 24.4 Å². The van der Waals surface area contributed by atoms with E-state index in [0.717, 1.165) is 24.9 Å². The van der Waals surface area contributed by atoms with Crippen molar-refractivity contribution in [2.45, 2.75) is 18.9 Å². The molecule has 0 spiro atoms. The van der Waals surface area contributed by atoms with Crippen molar-refractivity contribution < 1.29 is 14.3 Å². The van der Waals surface area contributed by atoms with Gasteiger partial charge in [0.25, 0.3) is 0 Å². The van der Waals surface area contributed by atoms with E-state index in [2.05, 4.69) is 4.90 Å². The summed E-state index contributed by atoms with van der Waals surface area (Å²) >= 11 is 0. The SMILES string of the molecule is CN(C)C(=O)C(c1ccccc1)N1CCCC(C(=O)N2CCOCC2)C1. The molecule has 0 radical (unpaired) electrons. The minimum absolute atomic E-state index is 0.0389. The van der Waals surface area contributed by atoms with Gasteiger partial charge in [-0.3, -0.25) is 14.5 Å². The lowest BCUT2D eigenvalue weighted by molar-refractivity contribution is -0.144. The first-order chi connectivity index (χ1) is 12.6. The molecule has 0 N–H and O–H groups in total. The summed E-state index contributed by atoms with van der Waals surface area (Å²) < 4.78 is 5.36. The summed E-state index contributed by atoms with van der Waals surface area (Å²) in [6.45, 7) is 4.06. The van der Waals surface area contributed by atoms with E-state index in [1.165, 1.54) is 0 Å². The molecule has 2 atom stereocenters. The fourth-order valence-corrected chi connectivity index (χ4v) is 3.87. The molecular weight excluding hydrogens is 330 g/mol. The van der Waals surface area contributed by atoms with Gasteiger partial charge in [0, 0.05) is 33.7 Å². The third kappa shape index (κ3) is 4.24. The third-order valence-electron chi connectivity index (χ3n) is 5.28. The number of nitrogens with zero attached hydrogens (tertiary/aromatic N) is 3. The van der Waals surface area contributed by atoms with Gasteiger partial charge >= 0.3 is 0 Å². The van der Waals surface area contributed by atoms with Crippen LogP contribution < -0.4 is 0 Å². The number of carbonyl (C=O) groups excluding carboxylic acids is 2. The summed E-state index contributed by atoms with van der Waals surface area (Å²) in [5.41, 5.74) is 0.991. The number of hydrogen-bond acceptors (Lipinski definition) is 4. The average molecular weight is 359 g/mol. The molecule has 0 aromatic heterocycles. The second kappa shape index (κ2) is 8.64. The molecular formula is C20H29N3O3. The Morgan fingerprint density at radius 2 is 1.81 bits per heavy atom. The zero-order valence-electron chi connectivity index (χ0n) is 15.8. The number of piperidine rings is 1. The van der Waals surface area contributed by atoms with Crippen molar-refractivity contribution in [3.63, 3.8) is 0 Å². The Balaban J connectivity index is 1.76. The van der Waals surface area contributed by atoms with E-state index in [-0.39, 0.29) is 23.8 Å². The standard InChI is InChI=1S/C20H29N3O3/c1-21(2)20(25)18(16-7-4-3-5-8-16)23-10-6-9-17(15-23)19(24)22-11-13-26-14-12-22/h3-5,7-8,17-18H,6,9-15H2,1-2H3. The Morgan fingerprint density at radius 3 is 2.46 bits per heavy atom. The molecule has 26 heavy (non-hydrogen) atoms. The molecule has 1 aromatic rings. The maximum Gasteiger partial charge on any atom is 0.244 e. The molecule has 0 saturated carbocycles. The number of carbonyl (C=O) groups is 2. The van der Waals surface area contributed by atoms with Crippen molar-refractivity contribution in [2.75, 3.05) is 53.5 Å². The molecule has 2 aliphatic heterocycles. The first-order valence-corrected chi connectivity index (χ1v) is 9.44. The summed E-state index contributed by atoms with van der Waals surface area (Å²) in [6, 6.07) is 9.56. The minimum atomic E-state index is -0.327. The molecule has 6 heteroatoms. The van der Waals surface area contributed by atoms with Crippen LogP contribution >= 0.6 is 0 Å². The van der Waals surface area contributed by atoms with Gasteiger partial charge in [0.15, 0.2) is 0 Å². The first kappa shape index (κ1) is 18.9. The monoisotopic (exact) mass is 359 g/mol. The van der Waals surface area contributed by atoms with Crippen molar-refractivity contribution in [2.24, 2.45) is 5.92 Å². The Morgan fingerprint density at radius 1 is 1.12 bits per heavy atom. The molecule has 0 aliphatic carbocycles. The summed E-state index contributed by atoms with van der Waals surface area (Å²) in [5.74, 6) is 0.237. The van der Waals surface area contributed by atoms with Crippen molar-refractivity contribution >= 4 is 11.8 Å². The van der Waals surface area contributed by atoms with Gasteiger partial charge < -0.3 is 14.5 Å². The van der Waals surface area contributed by atoms with Crippen LogP contribution in [0, 0.1) is 5.92 Å². The van der Waals surface area contributed by atoms with Gasteiger partial charge in [0.1, 0.15) is 6.04 Å². The van der Waals surface area contributed by atoms with Crippen molar-refractivity contribution in [3.8, 4) is 0 Å². The second-order valence-electron chi connectivity index (χ2n) is 7.32. The van der Waals surface area contributed by atoms with Crippen LogP contribution in [0.2, 0.25) is 0 Å². The van der Waals surface area contributed by atoms with E-state index in [0.29, 0.717) is 32.8 Å². The van der Waals surface area contributed by atoms with E-state index >= 15 is 0 Å². The van der Waals surface area contributed by atoms with E-state index in [1.54, 1.807) is 19.0 Å². The lowest BCUT2D eigenvalue weighted by Crippen LogP contribution is -2.50. The topological polar surface area (TPSA) is 53.1 Å². The zero-order valence-corrected chi connectivity index (χ0v) is 15.8. The predicted molar refractivity (Wildman–Crippen MR) is 99.6 cm³/mol. The number of morpholine rings is 1. The summed E-state index contributed by atoms with van der Waals surface area (Å²) in [4.78, 5) is 31.6. The Hall–Kier alpha value is -1.92.